The summed E-state index contributed by atoms with van der Waals surface area (Å²) in [5.74, 6) is 0.811. The van der Waals surface area contributed by atoms with Gasteiger partial charge in [0.2, 0.25) is 0 Å². The third-order valence-corrected chi connectivity index (χ3v) is 3.63. The number of aliphatic hydroxyl groups is 1. The number of rotatable bonds is 4. The second kappa shape index (κ2) is 6.20. The van der Waals surface area contributed by atoms with Crippen LogP contribution >= 0.6 is 22.6 Å². The summed E-state index contributed by atoms with van der Waals surface area (Å²) in [5.41, 5.74) is 2.20. The number of alkyl halides is 1. The SMILES string of the molecule is COc1ccc(C(c2ccccc2)C(O)I)cc1. The van der Waals surface area contributed by atoms with Gasteiger partial charge in [-0.25, -0.2) is 0 Å². The molecule has 3 heteroatoms. The molecular weight excluding hydrogens is 339 g/mol. The van der Waals surface area contributed by atoms with Gasteiger partial charge in [0.05, 0.1) is 7.11 Å². The van der Waals surface area contributed by atoms with Gasteiger partial charge < -0.3 is 9.84 Å². The van der Waals surface area contributed by atoms with Crippen LogP contribution in [0.1, 0.15) is 17.0 Å². The van der Waals surface area contributed by atoms with Crippen molar-refractivity contribution in [1.82, 2.24) is 0 Å². The van der Waals surface area contributed by atoms with E-state index >= 15 is 0 Å². The number of hydrogen-bond acceptors (Lipinski definition) is 2. The molecule has 0 heterocycles. The molecule has 0 aliphatic heterocycles. The van der Waals surface area contributed by atoms with Gasteiger partial charge in [-0.15, -0.1) is 0 Å². The molecule has 2 aromatic rings. The monoisotopic (exact) mass is 354 g/mol. The molecule has 0 bridgehead atoms. The second-order valence-electron chi connectivity index (χ2n) is 4.03. The third-order valence-electron chi connectivity index (χ3n) is 2.91. The van der Waals surface area contributed by atoms with Gasteiger partial charge in [0.15, 0.2) is 0 Å². The molecule has 0 aliphatic carbocycles. The highest BCUT2D eigenvalue weighted by molar-refractivity contribution is 14.1. The molecule has 0 saturated heterocycles. The van der Waals surface area contributed by atoms with Crippen LogP contribution in [0.5, 0.6) is 5.75 Å². The fourth-order valence-corrected chi connectivity index (χ4v) is 2.81. The first kappa shape index (κ1) is 13.4. The predicted octanol–water partition coefficient (Wildman–Crippen LogP) is 3.58. The number of benzene rings is 2. The second-order valence-corrected chi connectivity index (χ2v) is 5.31. The zero-order valence-corrected chi connectivity index (χ0v) is 12.2. The fourth-order valence-electron chi connectivity index (χ4n) is 1.98. The van der Waals surface area contributed by atoms with E-state index in [4.69, 9.17) is 4.74 Å². The molecule has 0 saturated carbocycles. The average molecular weight is 354 g/mol. The normalized spacial score (nSPS) is 13.9. The summed E-state index contributed by atoms with van der Waals surface area (Å²) in [4.78, 5) is 0. The fraction of sp³-hybridized carbons (Fsp3) is 0.200. The number of hydrogen-bond donors (Lipinski definition) is 1. The van der Waals surface area contributed by atoms with E-state index in [1.165, 1.54) is 0 Å². The molecule has 0 aliphatic rings. The number of aliphatic hydroxyl groups excluding tert-OH is 1. The molecule has 0 spiro atoms. The van der Waals surface area contributed by atoms with Gasteiger partial charge in [-0.05, 0) is 23.3 Å². The molecule has 0 fully saturated rings. The van der Waals surface area contributed by atoms with E-state index in [0.29, 0.717) is 0 Å². The lowest BCUT2D eigenvalue weighted by molar-refractivity contribution is 0.261. The molecule has 0 aromatic heterocycles. The van der Waals surface area contributed by atoms with Gasteiger partial charge >= 0.3 is 0 Å². The lowest BCUT2D eigenvalue weighted by Crippen LogP contribution is -2.13. The van der Waals surface area contributed by atoms with Crippen LogP contribution < -0.4 is 4.74 Å². The van der Waals surface area contributed by atoms with Crippen molar-refractivity contribution in [2.75, 3.05) is 7.11 Å². The summed E-state index contributed by atoms with van der Waals surface area (Å²) in [6.07, 6.45) is 0. The lowest BCUT2D eigenvalue weighted by atomic mass is 9.92. The van der Waals surface area contributed by atoms with Crippen molar-refractivity contribution in [3.8, 4) is 5.75 Å². The molecule has 2 rings (SSSR count). The molecule has 18 heavy (non-hydrogen) atoms. The first-order valence-corrected chi connectivity index (χ1v) is 6.98. The van der Waals surface area contributed by atoms with Crippen LogP contribution in [0.3, 0.4) is 0 Å². The van der Waals surface area contributed by atoms with E-state index in [-0.39, 0.29) is 5.92 Å². The maximum Gasteiger partial charge on any atom is 0.118 e. The summed E-state index contributed by atoms with van der Waals surface area (Å²) in [6, 6.07) is 17.9. The Morgan fingerprint density at radius 3 is 2.00 bits per heavy atom. The minimum absolute atomic E-state index is 0.0160. The van der Waals surface area contributed by atoms with Gasteiger partial charge in [0.25, 0.3) is 0 Å². The molecule has 94 valence electrons. The molecule has 2 nitrogen and oxygen atoms in total. The zero-order chi connectivity index (χ0) is 13.0. The smallest absolute Gasteiger partial charge is 0.118 e. The lowest BCUT2D eigenvalue weighted by Gasteiger charge is -2.20. The first-order chi connectivity index (χ1) is 8.72. The van der Waals surface area contributed by atoms with Crippen molar-refractivity contribution >= 4 is 22.6 Å². The maximum atomic E-state index is 10.0. The van der Waals surface area contributed by atoms with Crippen molar-refractivity contribution in [1.29, 1.82) is 0 Å². The van der Waals surface area contributed by atoms with Gasteiger partial charge in [0.1, 0.15) is 9.86 Å². The summed E-state index contributed by atoms with van der Waals surface area (Å²) in [7, 11) is 1.65. The van der Waals surface area contributed by atoms with Crippen LogP contribution in [-0.4, -0.2) is 16.3 Å². The molecule has 0 amide bonds. The largest absolute Gasteiger partial charge is 0.497 e. The predicted molar refractivity (Wildman–Crippen MR) is 81.3 cm³/mol. The highest BCUT2D eigenvalue weighted by Gasteiger charge is 2.20. The number of halogens is 1. The number of ether oxygens (including phenoxy) is 1. The summed E-state index contributed by atoms with van der Waals surface area (Å²) < 4.78 is 4.69. The maximum absolute atomic E-state index is 10.0. The topological polar surface area (TPSA) is 29.5 Å². The van der Waals surface area contributed by atoms with Crippen LogP contribution in [-0.2, 0) is 0 Å². The summed E-state index contributed by atoms with van der Waals surface area (Å²) in [6.45, 7) is 0. The van der Waals surface area contributed by atoms with Crippen molar-refractivity contribution in [2.24, 2.45) is 0 Å². The van der Waals surface area contributed by atoms with E-state index in [9.17, 15) is 5.11 Å². The minimum atomic E-state index is -0.460. The van der Waals surface area contributed by atoms with Crippen LogP contribution in [0, 0.1) is 0 Å². The Hall–Kier alpha value is -1.07. The number of methoxy groups -OCH3 is 1. The average Bonchev–Trinajstić information content (AvgIpc) is 2.40. The standard InChI is InChI=1S/C15H15IO2/c1-18-13-9-7-12(8-10-13)14(15(16)17)11-5-3-2-4-6-11/h2-10,14-15,17H,1H3. The van der Waals surface area contributed by atoms with Crippen LogP contribution in [0.25, 0.3) is 0 Å². The summed E-state index contributed by atoms with van der Waals surface area (Å²) in [5, 5.41) is 10.0. The molecule has 2 atom stereocenters. The molecule has 2 unspecified atom stereocenters. The Kier molecular flexibility index (Phi) is 4.60. The quantitative estimate of drug-likeness (QED) is 0.672. The van der Waals surface area contributed by atoms with Gasteiger partial charge in [-0.1, -0.05) is 65.1 Å². The molecule has 2 aromatic carbocycles. The van der Waals surface area contributed by atoms with Crippen molar-refractivity contribution in [3.63, 3.8) is 0 Å². The summed E-state index contributed by atoms with van der Waals surface area (Å²) >= 11 is 2.05. The zero-order valence-electron chi connectivity index (χ0n) is 10.1. The minimum Gasteiger partial charge on any atom is -0.497 e. The molecular formula is C15H15IO2. The Morgan fingerprint density at radius 1 is 0.944 bits per heavy atom. The van der Waals surface area contributed by atoms with Crippen LogP contribution in [0.15, 0.2) is 54.6 Å². The van der Waals surface area contributed by atoms with E-state index in [2.05, 4.69) is 22.6 Å². The Bertz CT molecular complexity index is 480. The molecule has 0 radical (unpaired) electrons. The van der Waals surface area contributed by atoms with Gasteiger partial charge in [-0.2, -0.15) is 0 Å². The van der Waals surface area contributed by atoms with Gasteiger partial charge in [-0.3, -0.25) is 0 Å². The first-order valence-electron chi connectivity index (χ1n) is 5.73. The van der Waals surface area contributed by atoms with E-state index in [1.807, 2.05) is 54.6 Å². The van der Waals surface area contributed by atoms with Crippen molar-refractivity contribution in [3.05, 3.63) is 65.7 Å². The van der Waals surface area contributed by atoms with E-state index < -0.39 is 4.11 Å². The van der Waals surface area contributed by atoms with E-state index in [0.717, 1.165) is 16.9 Å². The Balaban J connectivity index is 2.36. The molecule has 1 N–H and O–H groups in total. The highest BCUT2D eigenvalue weighted by atomic mass is 127. The van der Waals surface area contributed by atoms with E-state index in [1.54, 1.807) is 7.11 Å². The van der Waals surface area contributed by atoms with Gasteiger partial charge in [0, 0.05) is 5.92 Å². The highest BCUT2D eigenvalue weighted by Crippen LogP contribution is 2.31. The third kappa shape index (κ3) is 3.03. The van der Waals surface area contributed by atoms with Crippen molar-refractivity contribution in [2.45, 2.75) is 10.0 Å². The van der Waals surface area contributed by atoms with Crippen LogP contribution in [0.4, 0.5) is 0 Å². The van der Waals surface area contributed by atoms with Crippen molar-refractivity contribution < 1.29 is 9.84 Å². The Labute approximate surface area is 121 Å². The van der Waals surface area contributed by atoms with Crippen LogP contribution in [0.2, 0.25) is 0 Å². The Morgan fingerprint density at radius 2 is 1.50 bits per heavy atom.